The van der Waals surface area contributed by atoms with Crippen molar-refractivity contribution in [3.63, 3.8) is 0 Å². The molecule has 1 N–H and O–H groups in total. The van der Waals surface area contributed by atoms with Gasteiger partial charge in [0.1, 0.15) is 0 Å². The number of halogens is 2. The highest BCUT2D eigenvalue weighted by molar-refractivity contribution is 6.36. The van der Waals surface area contributed by atoms with E-state index in [1.165, 1.54) is 7.11 Å². The Morgan fingerprint density at radius 1 is 1.11 bits per heavy atom. The van der Waals surface area contributed by atoms with Gasteiger partial charge in [-0.2, -0.15) is 0 Å². The van der Waals surface area contributed by atoms with Crippen LogP contribution in [0.3, 0.4) is 0 Å². The van der Waals surface area contributed by atoms with Crippen molar-refractivity contribution in [3.05, 3.63) is 58.5 Å². The molecule has 0 unspecified atom stereocenters. The van der Waals surface area contributed by atoms with Crippen molar-refractivity contribution >= 4 is 34.8 Å². The van der Waals surface area contributed by atoms with Gasteiger partial charge in [-0.1, -0.05) is 23.2 Å². The van der Waals surface area contributed by atoms with Crippen molar-refractivity contribution in [3.8, 4) is 22.8 Å². The van der Waals surface area contributed by atoms with Gasteiger partial charge >= 0.3 is 0 Å². The summed E-state index contributed by atoms with van der Waals surface area (Å²) in [7, 11) is 3.09. The molecular formula is C20H18Cl2N2O4. The molecule has 0 aliphatic carbocycles. The fourth-order valence-corrected chi connectivity index (χ4v) is 3.10. The molecule has 0 spiro atoms. The summed E-state index contributed by atoms with van der Waals surface area (Å²) in [5, 5.41) is 3.83. The van der Waals surface area contributed by atoms with E-state index in [0.29, 0.717) is 50.9 Å². The molecule has 1 aromatic heterocycles. The molecule has 0 saturated carbocycles. The van der Waals surface area contributed by atoms with Gasteiger partial charge in [0.2, 0.25) is 5.91 Å². The standard InChI is InChI=1S/C20H18Cl2N2O4/c1-26-16-6-4-13(10-17(16)27-2)24-19(25)7-8-20-23-11-18(28-20)14-5-3-12(21)9-15(14)22/h3-6,9-11H,7-8H2,1-2H3,(H,24,25). The number of ether oxygens (including phenoxy) is 2. The second kappa shape index (κ2) is 8.99. The number of benzene rings is 2. The number of amides is 1. The average molecular weight is 421 g/mol. The van der Waals surface area contributed by atoms with E-state index in [-0.39, 0.29) is 12.3 Å². The number of hydrogen-bond acceptors (Lipinski definition) is 5. The lowest BCUT2D eigenvalue weighted by molar-refractivity contribution is -0.116. The molecule has 2 aromatic carbocycles. The van der Waals surface area contributed by atoms with Crippen LogP contribution in [-0.4, -0.2) is 25.1 Å². The lowest BCUT2D eigenvalue weighted by atomic mass is 10.2. The number of carbonyl (C=O) groups excluding carboxylic acids is 1. The zero-order valence-corrected chi connectivity index (χ0v) is 16.8. The number of nitrogens with zero attached hydrogens (tertiary/aromatic N) is 1. The largest absolute Gasteiger partial charge is 0.493 e. The first-order chi connectivity index (χ1) is 13.5. The van der Waals surface area contributed by atoms with Gasteiger partial charge in [-0.3, -0.25) is 4.79 Å². The van der Waals surface area contributed by atoms with Crippen molar-refractivity contribution in [2.75, 3.05) is 19.5 Å². The van der Waals surface area contributed by atoms with E-state index in [4.69, 9.17) is 37.1 Å². The molecule has 1 heterocycles. The van der Waals surface area contributed by atoms with Crippen LogP contribution in [0.4, 0.5) is 5.69 Å². The maximum Gasteiger partial charge on any atom is 0.224 e. The summed E-state index contributed by atoms with van der Waals surface area (Å²) in [4.78, 5) is 16.4. The van der Waals surface area contributed by atoms with Crippen LogP contribution in [0, 0.1) is 0 Å². The van der Waals surface area contributed by atoms with Crippen LogP contribution >= 0.6 is 23.2 Å². The van der Waals surface area contributed by atoms with Crippen LogP contribution in [0.15, 0.2) is 47.0 Å². The van der Waals surface area contributed by atoms with Gasteiger partial charge in [-0.25, -0.2) is 4.98 Å². The molecular weight excluding hydrogens is 403 g/mol. The maximum atomic E-state index is 12.2. The number of oxazole rings is 1. The molecule has 1 amide bonds. The molecule has 28 heavy (non-hydrogen) atoms. The number of methoxy groups -OCH3 is 2. The minimum absolute atomic E-state index is 0.170. The lowest BCUT2D eigenvalue weighted by Gasteiger charge is -2.10. The van der Waals surface area contributed by atoms with Gasteiger partial charge in [0.25, 0.3) is 0 Å². The van der Waals surface area contributed by atoms with Crippen molar-refractivity contribution in [1.82, 2.24) is 4.98 Å². The Hall–Kier alpha value is -2.70. The molecule has 3 rings (SSSR count). The third-order valence-corrected chi connectivity index (χ3v) is 4.53. The Morgan fingerprint density at radius 2 is 1.89 bits per heavy atom. The van der Waals surface area contributed by atoms with Crippen LogP contribution in [0.25, 0.3) is 11.3 Å². The van der Waals surface area contributed by atoms with Crippen LogP contribution in [0.5, 0.6) is 11.5 Å². The highest BCUT2D eigenvalue weighted by Gasteiger charge is 2.13. The van der Waals surface area contributed by atoms with Gasteiger partial charge in [-0.05, 0) is 30.3 Å². The monoisotopic (exact) mass is 420 g/mol. The Morgan fingerprint density at radius 3 is 2.61 bits per heavy atom. The second-order valence-electron chi connectivity index (χ2n) is 5.86. The molecule has 146 valence electrons. The first-order valence-electron chi connectivity index (χ1n) is 8.42. The molecule has 0 aliphatic heterocycles. The second-order valence-corrected chi connectivity index (χ2v) is 6.70. The van der Waals surface area contributed by atoms with Gasteiger partial charge in [0, 0.05) is 35.2 Å². The average Bonchev–Trinajstić information content (AvgIpc) is 3.15. The molecule has 0 saturated heterocycles. The Kier molecular flexibility index (Phi) is 6.44. The molecule has 8 heteroatoms. The van der Waals surface area contributed by atoms with Crippen LogP contribution in [0.2, 0.25) is 10.0 Å². The minimum Gasteiger partial charge on any atom is -0.493 e. The fourth-order valence-electron chi connectivity index (χ4n) is 2.60. The molecule has 0 atom stereocenters. The topological polar surface area (TPSA) is 73.6 Å². The summed E-state index contributed by atoms with van der Waals surface area (Å²) in [5.74, 6) is 1.93. The van der Waals surface area contributed by atoms with E-state index in [2.05, 4.69) is 10.3 Å². The lowest BCUT2D eigenvalue weighted by Crippen LogP contribution is -2.12. The molecule has 0 aliphatic rings. The van der Waals surface area contributed by atoms with Crippen LogP contribution < -0.4 is 14.8 Å². The fraction of sp³-hybridized carbons (Fsp3) is 0.200. The maximum absolute atomic E-state index is 12.2. The van der Waals surface area contributed by atoms with Crippen molar-refractivity contribution < 1.29 is 18.7 Å². The van der Waals surface area contributed by atoms with Crippen molar-refractivity contribution in [2.45, 2.75) is 12.8 Å². The van der Waals surface area contributed by atoms with Gasteiger partial charge in [0.05, 0.1) is 25.4 Å². The number of carbonyl (C=O) groups is 1. The summed E-state index contributed by atoms with van der Waals surface area (Å²) < 4.78 is 16.1. The molecule has 0 radical (unpaired) electrons. The SMILES string of the molecule is COc1ccc(NC(=O)CCc2ncc(-c3ccc(Cl)cc3Cl)o2)cc1OC. The van der Waals surface area contributed by atoms with Gasteiger partial charge in [0.15, 0.2) is 23.1 Å². The number of aromatic nitrogens is 1. The molecule has 0 fully saturated rings. The van der Waals surface area contributed by atoms with E-state index in [1.807, 2.05) is 0 Å². The van der Waals surface area contributed by atoms with Crippen molar-refractivity contribution in [1.29, 1.82) is 0 Å². The first-order valence-corrected chi connectivity index (χ1v) is 9.17. The summed E-state index contributed by atoms with van der Waals surface area (Å²) in [6.45, 7) is 0. The summed E-state index contributed by atoms with van der Waals surface area (Å²) in [5.41, 5.74) is 1.31. The highest BCUT2D eigenvalue weighted by atomic mass is 35.5. The number of hydrogen-bond donors (Lipinski definition) is 1. The Labute approximate surface area is 172 Å². The Balaban J connectivity index is 1.60. The quantitative estimate of drug-likeness (QED) is 0.565. The smallest absolute Gasteiger partial charge is 0.224 e. The number of rotatable bonds is 7. The van der Waals surface area contributed by atoms with Crippen LogP contribution in [-0.2, 0) is 11.2 Å². The van der Waals surface area contributed by atoms with E-state index >= 15 is 0 Å². The van der Waals surface area contributed by atoms with E-state index in [0.717, 1.165) is 0 Å². The van der Waals surface area contributed by atoms with E-state index in [1.54, 1.807) is 49.7 Å². The third-order valence-electron chi connectivity index (χ3n) is 3.98. The van der Waals surface area contributed by atoms with E-state index in [9.17, 15) is 4.79 Å². The predicted molar refractivity (Wildman–Crippen MR) is 108 cm³/mol. The molecule has 3 aromatic rings. The normalized spacial score (nSPS) is 10.6. The summed E-state index contributed by atoms with van der Waals surface area (Å²) in [6, 6.07) is 10.3. The molecule has 6 nitrogen and oxygen atoms in total. The zero-order valence-electron chi connectivity index (χ0n) is 15.3. The predicted octanol–water partition coefficient (Wildman–Crippen LogP) is 5.24. The number of aryl methyl sites for hydroxylation is 1. The first kappa shape index (κ1) is 20.0. The number of nitrogens with one attached hydrogen (secondary N) is 1. The third kappa shape index (κ3) is 4.77. The van der Waals surface area contributed by atoms with Gasteiger partial charge in [-0.15, -0.1) is 0 Å². The minimum atomic E-state index is -0.170. The van der Waals surface area contributed by atoms with Crippen LogP contribution in [0.1, 0.15) is 12.3 Å². The van der Waals surface area contributed by atoms with E-state index < -0.39 is 0 Å². The van der Waals surface area contributed by atoms with Crippen molar-refractivity contribution in [2.24, 2.45) is 0 Å². The summed E-state index contributed by atoms with van der Waals surface area (Å²) in [6.07, 6.45) is 2.14. The zero-order chi connectivity index (χ0) is 20.1. The Bertz CT molecular complexity index is 988. The highest BCUT2D eigenvalue weighted by Crippen LogP contribution is 2.31. The van der Waals surface area contributed by atoms with Gasteiger partial charge < -0.3 is 19.2 Å². The number of anilines is 1. The molecule has 0 bridgehead atoms. The summed E-state index contributed by atoms with van der Waals surface area (Å²) >= 11 is 12.1.